The number of rotatable bonds is 0. The Kier molecular flexibility index (Phi) is 4.38. The molecule has 0 radical (unpaired) electrons. The molecular weight excluding hydrogens is 376 g/mol. The number of fused-ring (bicyclic) bond motifs is 6. The molecule has 0 bridgehead atoms. The maximum Gasteiger partial charge on any atom is 0.138 e. The van der Waals surface area contributed by atoms with Crippen molar-refractivity contribution in [1.29, 1.82) is 0 Å². The zero-order valence-electron chi connectivity index (χ0n) is 21.6. The summed E-state index contributed by atoms with van der Waals surface area (Å²) in [5, 5.41) is 0. The summed E-state index contributed by atoms with van der Waals surface area (Å²) in [6, 6.07) is 0. The maximum atomic E-state index is 12.9. The van der Waals surface area contributed by atoms with Gasteiger partial charge in [0, 0.05) is 11.8 Å². The van der Waals surface area contributed by atoms with E-state index in [4.69, 9.17) is 0 Å². The third-order valence-electron chi connectivity index (χ3n) is 12.2. The first kappa shape index (κ1) is 22.0. The van der Waals surface area contributed by atoms with Crippen molar-refractivity contribution in [3.05, 3.63) is 23.3 Å². The first-order valence-corrected chi connectivity index (χ1v) is 13.2. The predicted octanol–water partition coefficient (Wildman–Crippen LogP) is 8.30. The van der Waals surface area contributed by atoms with Crippen LogP contribution in [0, 0.1) is 44.3 Å². The van der Waals surface area contributed by atoms with Crippen LogP contribution in [0.25, 0.3) is 0 Å². The number of ketones is 1. The third kappa shape index (κ3) is 2.64. The maximum absolute atomic E-state index is 12.9. The molecule has 0 aliphatic heterocycles. The molecule has 6 atom stereocenters. The summed E-state index contributed by atoms with van der Waals surface area (Å²) in [4.78, 5) is 12.9. The van der Waals surface area contributed by atoms with E-state index in [0.29, 0.717) is 33.9 Å². The lowest BCUT2D eigenvalue weighted by molar-refractivity contribution is -0.167. The van der Waals surface area contributed by atoms with Gasteiger partial charge in [0.15, 0.2) is 0 Å². The van der Waals surface area contributed by atoms with E-state index in [1.54, 1.807) is 11.1 Å². The van der Waals surface area contributed by atoms with Crippen LogP contribution in [0.2, 0.25) is 0 Å². The molecule has 5 rings (SSSR count). The summed E-state index contributed by atoms with van der Waals surface area (Å²) in [6.07, 6.45) is 16.3. The largest absolute Gasteiger partial charge is 0.299 e. The van der Waals surface area contributed by atoms with E-state index in [9.17, 15) is 4.79 Å². The van der Waals surface area contributed by atoms with Crippen molar-refractivity contribution < 1.29 is 4.79 Å². The Hall–Kier alpha value is -0.850. The van der Waals surface area contributed by atoms with Gasteiger partial charge in [-0.05, 0) is 95.9 Å². The second-order valence-corrected chi connectivity index (χ2v) is 14.6. The molecule has 0 aromatic carbocycles. The summed E-state index contributed by atoms with van der Waals surface area (Å²) in [5.41, 5.74) is 5.03. The summed E-state index contributed by atoms with van der Waals surface area (Å²) >= 11 is 0. The van der Waals surface area contributed by atoms with Gasteiger partial charge >= 0.3 is 0 Å². The van der Waals surface area contributed by atoms with Gasteiger partial charge in [-0.3, -0.25) is 4.79 Å². The van der Waals surface area contributed by atoms with Crippen molar-refractivity contribution >= 4 is 5.78 Å². The van der Waals surface area contributed by atoms with Gasteiger partial charge in [-0.15, -0.1) is 0 Å². The zero-order valence-corrected chi connectivity index (χ0v) is 21.6. The summed E-state index contributed by atoms with van der Waals surface area (Å²) in [7, 11) is 0. The summed E-state index contributed by atoms with van der Waals surface area (Å²) in [6.45, 7) is 19.9. The number of hydrogen-bond acceptors (Lipinski definition) is 1. The second kappa shape index (κ2) is 6.18. The molecule has 1 nitrogen and oxygen atoms in total. The van der Waals surface area contributed by atoms with E-state index in [-0.39, 0.29) is 16.2 Å². The molecule has 0 amide bonds. The molecular formula is C30H46O. The van der Waals surface area contributed by atoms with Crippen LogP contribution in [0.4, 0.5) is 0 Å². The van der Waals surface area contributed by atoms with E-state index in [0.717, 1.165) is 12.8 Å². The van der Waals surface area contributed by atoms with Crippen molar-refractivity contribution in [2.75, 3.05) is 0 Å². The predicted molar refractivity (Wildman–Crippen MR) is 130 cm³/mol. The molecule has 5 aliphatic carbocycles. The van der Waals surface area contributed by atoms with Crippen LogP contribution in [0.15, 0.2) is 23.3 Å². The molecule has 5 aliphatic rings. The molecule has 0 N–H and O–H groups in total. The van der Waals surface area contributed by atoms with Gasteiger partial charge in [-0.1, -0.05) is 73.1 Å². The molecule has 3 fully saturated rings. The number of Topliss-reactive ketones (excluding diaryl/α,β-unsaturated/α-hetero) is 1. The van der Waals surface area contributed by atoms with Gasteiger partial charge in [0.25, 0.3) is 0 Å². The van der Waals surface area contributed by atoms with Crippen molar-refractivity contribution in [3.63, 3.8) is 0 Å². The molecule has 0 spiro atoms. The van der Waals surface area contributed by atoms with E-state index in [1.807, 2.05) is 0 Å². The number of carbonyl (C=O) groups is 1. The minimum atomic E-state index is -0.166. The van der Waals surface area contributed by atoms with Gasteiger partial charge in [-0.2, -0.15) is 0 Å². The minimum absolute atomic E-state index is 0.166. The fourth-order valence-electron chi connectivity index (χ4n) is 9.64. The lowest BCUT2D eigenvalue weighted by Gasteiger charge is -2.68. The Morgan fingerprint density at radius 2 is 1.52 bits per heavy atom. The van der Waals surface area contributed by atoms with Crippen LogP contribution in [0.5, 0.6) is 0 Å². The SMILES string of the molecule is CC1(C)CC[C@]2(C)CC[C@]3(C)C(=C2C1)C=C[C@@H]1[C@@]2(C)CCC(=O)C(C)(C)[C@@H]2CC[C@]13C. The Morgan fingerprint density at radius 1 is 0.839 bits per heavy atom. The lowest BCUT2D eigenvalue weighted by Crippen LogP contribution is -2.62. The van der Waals surface area contributed by atoms with Gasteiger partial charge in [0.1, 0.15) is 5.78 Å². The van der Waals surface area contributed by atoms with E-state index >= 15 is 0 Å². The van der Waals surface area contributed by atoms with Gasteiger partial charge in [0.05, 0.1) is 0 Å². The standard InChI is InChI=1S/C30H46O/c1-25(2)15-16-27(5)17-18-29(7)20(21(27)19-25)9-10-23-28(6)13-12-24(31)26(3,4)22(28)11-14-30(23,29)8/h9-10,22-23H,11-19H2,1-8H3/t22-,23+,27+,28-,29+,30+/m0/s1. The minimum Gasteiger partial charge on any atom is -0.299 e. The third-order valence-corrected chi connectivity index (χ3v) is 12.2. The van der Waals surface area contributed by atoms with Crippen molar-refractivity contribution in [2.24, 2.45) is 44.3 Å². The monoisotopic (exact) mass is 422 g/mol. The van der Waals surface area contributed by atoms with Crippen LogP contribution >= 0.6 is 0 Å². The Balaban J connectivity index is 1.66. The molecule has 31 heavy (non-hydrogen) atoms. The highest BCUT2D eigenvalue weighted by Crippen LogP contribution is 2.73. The van der Waals surface area contributed by atoms with Crippen molar-refractivity contribution in [2.45, 2.75) is 113 Å². The average molecular weight is 423 g/mol. The first-order valence-electron chi connectivity index (χ1n) is 13.2. The van der Waals surface area contributed by atoms with Crippen LogP contribution in [0.1, 0.15) is 113 Å². The molecule has 0 aromatic rings. The van der Waals surface area contributed by atoms with Crippen molar-refractivity contribution in [1.82, 2.24) is 0 Å². The van der Waals surface area contributed by atoms with Crippen LogP contribution < -0.4 is 0 Å². The number of hydrogen-bond donors (Lipinski definition) is 0. The number of carbonyl (C=O) groups excluding carboxylic acids is 1. The fraction of sp³-hybridized carbons (Fsp3) is 0.833. The molecule has 0 heterocycles. The van der Waals surface area contributed by atoms with Gasteiger partial charge in [0.2, 0.25) is 0 Å². The van der Waals surface area contributed by atoms with Crippen LogP contribution in [-0.4, -0.2) is 5.78 Å². The van der Waals surface area contributed by atoms with E-state index in [1.165, 1.54) is 44.9 Å². The normalized spacial score (nSPS) is 50.3. The second-order valence-electron chi connectivity index (χ2n) is 14.6. The Labute approximate surface area is 191 Å². The molecule has 3 saturated carbocycles. The molecule has 0 aromatic heterocycles. The first-order chi connectivity index (χ1) is 14.2. The van der Waals surface area contributed by atoms with Crippen molar-refractivity contribution in [3.8, 4) is 0 Å². The smallest absolute Gasteiger partial charge is 0.138 e. The Bertz CT molecular complexity index is 886. The molecule has 0 unspecified atom stereocenters. The zero-order chi connectivity index (χ0) is 22.7. The van der Waals surface area contributed by atoms with Crippen LogP contribution in [0.3, 0.4) is 0 Å². The quantitative estimate of drug-likeness (QED) is 0.383. The topological polar surface area (TPSA) is 17.1 Å². The fourth-order valence-corrected chi connectivity index (χ4v) is 9.64. The number of allylic oxidation sites excluding steroid dienone is 4. The van der Waals surface area contributed by atoms with E-state index < -0.39 is 0 Å². The highest BCUT2D eigenvalue weighted by atomic mass is 16.1. The summed E-state index contributed by atoms with van der Waals surface area (Å²) < 4.78 is 0. The Morgan fingerprint density at radius 3 is 2.23 bits per heavy atom. The molecule has 172 valence electrons. The molecule has 0 saturated heterocycles. The molecule has 1 heteroatoms. The van der Waals surface area contributed by atoms with Gasteiger partial charge < -0.3 is 0 Å². The van der Waals surface area contributed by atoms with Crippen LogP contribution in [-0.2, 0) is 4.79 Å². The summed E-state index contributed by atoms with van der Waals surface area (Å²) in [5.74, 6) is 1.61. The average Bonchev–Trinajstić information content (AvgIpc) is 2.67. The highest BCUT2D eigenvalue weighted by Gasteiger charge is 2.66. The highest BCUT2D eigenvalue weighted by molar-refractivity contribution is 5.85. The lowest BCUT2D eigenvalue weighted by atomic mass is 9.35. The van der Waals surface area contributed by atoms with E-state index in [2.05, 4.69) is 67.5 Å². The van der Waals surface area contributed by atoms with Gasteiger partial charge in [-0.25, -0.2) is 0 Å².